The fraction of sp³-hybridized carbons (Fsp3) is 0.143. The van der Waals surface area contributed by atoms with Gasteiger partial charge >= 0.3 is 0 Å². The predicted molar refractivity (Wildman–Crippen MR) is 49.0 cm³/mol. The van der Waals surface area contributed by atoms with E-state index in [2.05, 4.69) is 0 Å². The van der Waals surface area contributed by atoms with Crippen LogP contribution in [0.15, 0.2) is 12.1 Å². The lowest BCUT2D eigenvalue weighted by molar-refractivity contribution is 0.343. The Kier molecular flexibility index (Phi) is 2.43. The Hall–Kier alpha value is -0.650. The summed E-state index contributed by atoms with van der Waals surface area (Å²) in [5, 5.41) is 18.4. The van der Waals surface area contributed by atoms with Crippen LogP contribution in [0.1, 0.15) is 0 Å². The van der Waals surface area contributed by atoms with Crippen molar-refractivity contribution >= 4 is 22.6 Å². The monoisotopic (exact) mass is 266 g/mol. The van der Waals surface area contributed by atoms with E-state index < -0.39 is 0 Å². The van der Waals surface area contributed by atoms with Gasteiger partial charge in [0.1, 0.15) is 0 Å². The molecule has 0 bridgehead atoms. The third-order valence-electron chi connectivity index (χ3n) is 1.27. The average Bonchev–Trinajstić information content (AvgIpc) is 1.99. The molecule has 0 saturated heterocycles. The molecule has 0 saturated carbocycles. The van der Waals surface area contributed by atoms with E-state index in [9.17, 15) is 5.11 Å². The molecule has 1 aromatic rings. The minimum atomic E-state index is -0.0505. The maximum Gasteiger partial charge on any atom is 0.203 e. The molecule has 0 heterocycles. The van der Waals surface area contributed by atoms with Crippen molar-refractivity contribution in [1.29, 1.82) is 0 Å². The van der Waals surface area contributed by atoms with Gasteiger partial charge in [0.15, 0.2) is 11.5 Å². The quantitative estimate of drug-likeness (QED) is 0.761. The van der Waals surface area contributed by atoms with Gasteiger partial charge in [0.25, 0.3) is 0 Å². The molecular weight excluding hydrogens is 259 g/mol. The number of aromatic hydroxyl groups is 2. The molecule has 0 fully saturated rings. The van der Waals surface area contributed by atoms with Crippen molar-refractivity contribution in [2.45, 2.75) is 0 Å². The molecule has 3 nitrogen and oxygen atoms in total. The third kappa shape index (κ3) is 1.50. The van der Waals surface area contributed by atoms with Gasteiger partial charge in [-0.1, -0.05) is 0 Å². The van der Waals surface area contributed by atoms with Crippen LogP contribution in [-0.4, -0.2) is 17.3 Å². The van der Waals surface area contributed by atoms with Crippen molar-refractivity contribution in [3.05, 3.63) is 15.7 Å². The van der Waals surface area contributed by atoms with Crippen LogP contribution in [-0.2, 0) is 0 Å². The van der Waals surface area contributed by atoms with E-state index in [1.165, 1.54) is 13.2 Å². The number of ether oxygens (including phenoxy) is 1. The summed E-state index contributed by atoms with van der Waals surface area (Å²) in [6.45, 7) is 0. The minimum Gasteiger partial charge on any atom is -0.504 e. The summed E-state index contributed by atoms with van der Waals surface area (Å²) in [5.74, 6) is 0.0513. The first kappa shape index (κ1) is 8.45. The topological polar surface area (TPSA) is 49.7 Å². The first-order valence-corrected chi connectivity index (χ1v) is 3.99. The fourth-order valence-corrected chi connectivity index (χ4v) is 1.16. The first-order valence-electron chi connectivity index (χ1n) is 2.91. The molecule has 1 rings (SSSR count). The SMILES string of the molecule is COc1c(O)ccc(I)c1O. The Bertz CT molecular complexity index is 273. The zero-order valence-corrected chi connectivity index (χ0v) is 7.99. The number of benzene rings is 1. The number of halogens is 1. The van der Waals surface area contributed by atoms with E-state index in [4.69, 9.17) is 9.84 Å². The summed E-state index contributed by atoms with van der Waals surface area (Å²) >= 11 is 1.95. The summed E-state index contributed by atoms with van der Waals surface area (Å²) in [5.41, 5.74) is 0. The molecule has 0 aliphatic carbocycles. The summed E-state index contributed by atoms with van der Waals surface area (Å²) < 4.78 is 5.40. The highest BCUT2D eigenvalue weighted by molar-refractivity contribution is 14.1. The predicted octanol–water partition coefficient (Wildman–Crippen LogP) is 1.71. The minimum absolute atomic E-state index is 0.0203. The van der Waals surface area contributed by atoms with Crippen LogP contribution >= 0.6 is 22.6 Å². The van der Waals surface area contributed by atoms with E-state index in [-0.39, 0.29) is 17.2 Å². The number of rotatable bonds is 1. The molecule has 11 heavy (non-hydrogen) atoms. The zero-order chi connectivity index (χ0) is 8.43. The van der Waals surface area contributed by atoms with E-state index in [1.807, 2.05) is 22.6 Å². The summed E-state index contributed by atoms with van der Waals surface area (Å²) in [7, 11) is 1.39. The lowest BCUT2D eigenvalue weighted by atomic mass is 10.3. The lowest BCUT2D eigenvalue weighted by Crippen LogP contribution is -1.85. The number of phenolic OH excluding ortho intramolecular Hbond substituents is 2. The molecule has 0 unspecified atom stereocenters. The van der Waals surface area contributed by atoms with Gasteiger partial charge < -0.3 is 14.9 Å². The van der Waals surface area contributed by atoms with E-state index >= 15 is 0 Å². The molecule has 4 heteroatoms. The van der Waals surface area contributed by atoms with Crippen molar-refractivity contribution in [2.24, 2.45) is 0 Å². The van der Waals surface area contributed by atoms with Crippen LogP contribution in [0.2, 0.25) is 0 Å². The number of methoxy groups -OCH3 is 1. The number of hydrogen-bond donors (Lipinski definition) is 2. The molecule has 0 amide bonds. The Labute approximate surface area is 77.8 Å². The van der Waals surface area contributed by atoms with E-state index in [0.29, 0.717) is 3.57 Å². The molecule has 60 valence electrons. The van der Waals surface area contributed by atoms with Gasteiger partial charge in [0.2, 0.25) is 5.75 Å². The molecule has 2 N–H and O–H groups in total. The van der Waals surface area contributed by atoms with Crippen LogP contribution in [0.3, 0.4) is 0 Å². The summed E-state index contributed by atoms with van der Waals surface area (Å²) in [4.78, 5) is 0. The van der Waals surface area contributed by atoms with Crippen molar-refractivity contribution in [2.75, 3.05) is 7.11 Å². The second-order valence-electron chi connectivity index (χ2n) is 1.95. The standard InChI is InChI=1S/C7H7IO3/c1-11-7-5(9)3-2-4(8)6(7)10/h2-3,9-10H,1H3. The molecule has 0 aromatic heterocycles. The van der Waals surface area contributed by atoms with Crippen LogP contribution in [0, 0.1) is 3.57 Å². The molecule has 0 radical (unpaired) electrons. The highest BCUT2D eigenvalue weighted by Crippen LogP contribution is 2.38. The van der Waals surface area contributed by atoms with Crippen LogP contribution < -0.4 is 4.74 Å². The first-order chi connectivity index (χ1) is 5.16. The largest absolute Gasteiger partial charge is 0.504 e. The second kappa shape index (κ2) is 3.17. The van der Waals surface area contributed by atoms with Crippen LogP contribution in [0.4, 0.5) is 0 Å². The maximum atomic E-state index is 9.29. The van der Waals surface area contributed by atoms with Gasteiger partial charge in [-0.15, -0.1) is 0 Å². The van der Waals surface area contributed by atoms with Gasteiger partial charge in [-0.2, -0.15) is 0 Å². The Morgan fingerprint density at radius 2 is 2.00 bits per heavy atom. The number of hydrogen-bond acceptors (Lipinski definition) is 3. The molecule has 1 aromatic carbocycles. The second-order valence-corrected chi connectivity index (χ2v) is 3.11. The van der Waals surface area contributed by atoms with E-state index in [0.717, 1.165) is 0 Å². The maximum absolute atomic E-state index is 9.29. The third-order valence-corrected chi connectivity index (χ3v) is 2.14. The van der Waals surface area contributed by atoms with Gasteiger partial charge in [-0.3, -0.25) is 0 Å². The van der Waals surface area contributed by atoms with Gasteiger partial charge in [0.05, 0.1) is 10.7 Å². The fourth-order valence-electron chi connectivity index (χ4n) is 0.738. The van der Waals surface area contributed by atoms with Gasteiger partial charge in [0, 0.05) is 0 Å². The van der Waals surface area contributed by atoms with E-state index in [1.54, 1.807) is 6.07 Å². The lowest BCUT2D eigenvalue weighted by Gasteiger charge is -2.05. The molecule has 0 spiro atoms. The summed E-state index contributed by atoms with van der Waals surface area (Å²) in [6.07, 6.45) is 0. The van der Waals surface area contributed by atoms with Gasteiger partial charge in [-0.05, 0) is 34.7 Å². The normalized spacial score (nSPS) is 9.64. The smallest absolute Gasteiger partial charge is 0.203 e. The zero-order valence-electron chi connectivity index (χ0n) is 5.84. The molecule has 0 atom stereocenters. The number of phenols is 2. The Balaban J connectivity index is 3.29. The Morgan fingerprint density at radius 3 is 2.45 bits per heavy atom. The van der Waals surface area contributed by atoms with Crippen molar-refractivity contribution in [3.63, 3.8) is 0 Å². The highest BCUT2D eigenvalue weighted by atomic mass is 127. The molecule has 0 aliphatic rings. The van der Waals surface area contributed by atoms with Crippen molar-refractivity contribution < 1.29 is 14.9 Å². The average molecular weight is 266 g/mol. The molecule has 0 aliphatic heterocycles. The van der Waals surface area contributed by atoms with Crippen molar-refractivity contribution in [3.8, 4) is 17.2 Å². The van der Waals surface area contributed by atoms with Crippen molar-refractivity contribution in [1.82, 2.24) is 0 Å². The van der Waals surface area contributed by atoms with Crippen LogP contribution in [0.25, 0.3) is 0 Å². The van der Waals surface area contributed by atoms with Crippen LogP contribution in [0.5, 0.6) is 17.2 Å². The molecular formula is C7H7IO3. The van der Waals surface area contributed by atoms with Gasteiger partial charge in [-0.25, -0.2) is 0 Å². The summed E-state index contributed by atoms with van der Waals surface area (Å²) in [6, 6.07) is 3.08. The Morgan fingerprint density at radius 1 is 1.36 bits per heavy atom. The highest BCUT2D eigenvalue weighted by Gasteiger charge is 2.09.